The second-order valence-electron chi connectivity index (χ2n) is 4.91. The molecule has 108 valence electrons. The first kappa shape index (κ1) is 14.5. The van der Waals surface area contributed by atoms with Crippen LogP contribution in [0.2, 0.25) is 0 Å². The molecular weight excluding hydrogens is 259 g/mol. The van der Waals surface area contributed by atoms with E-state index < -0.39 is 5.97 Å². The molecular formula is C15H19FN2O2. The molecule has 1 N–H and O–H groups in total. The van der Waals surface area contributed by atoms with Crippen LogP contribution in [0.4, 0.5) is 4.39 Å². The summed E-state index contributed by atoms with van der Waals surface area (Å²) in [6, 6.07) is 4.62. The molecule has 20 heavy (non-hydrogen) atoms. The monoisotopic (exact) mass is 278 g/mol. The van der Waals surface area contributed by atoms with Crippen LogP contribution in [0, 0.1) is 5.82 Å². The summed E-state index contributed by atoms with van der Waals surface area (Å²) in [6.07, 6.45) is 3.27. The fraction of sp³-hybridized carbons (Fsp3) is 0.467. The van der Waals surface area contributed by atoms with Crippen molar-refractivity contribution in [3.8, 4) is 0 Å². The van der Waals surface area contributed by atoms with Gasteiger partial charge in [0.15, 0.2) is 0 Å². The summed E-state index contributed by atoms with van der Waals surface area (Å²) in [6.45, 7) is 2.87. The van der Waals surface area contributed by atoms with Crippen molar-refractivity contribution in [1.82, 2.24) is 9.55 Å². The van der Waals surface area contributed by atoms with Gasteiger partial charge in [0, 0.05) is 19.4 Å². The number of aryl methyl sites for hydroxylation is 2. The first-order chi connectivity index (χ1) is 9.61. The van der Waals surface area contributed by atoms with Crippen LogP contribution >= 0.6 is 0 Å². The number of halogens is 1. The van der Waals surface area contributed by atoms with Crippen molar-refractivity contribution < 1.29 is 14.3 Å². The number of hydrogen-bond acceptors (Lipinski definition) is 2. The van der Waals surface area contributed by atoms with Crippen molar-refractivity contribution >= 4 is 17.0 Å². The molecule has 0 aliphatic carbocycles. The van der Waals surface area contributed by atoms with E-state index in [0.717, 1.165) is 42.7 Å². The summed E-state index contributed by atoms with van der Waals surface area (Å²) in [5.41, 5.74) is 1.62. The molecule has 2 rings (SSSR count). The second kappa shape index (κ2) is 6.50. The predicted molar refractivity (Wildman–Crippen MR) is 75.2 cm³/mol. The minimum Gasteiger partial charge on any atom is -0.481 e. The average molecular weight is 278 g/mol. The summed E-state index contributed by atoms with van der Waals surface area (Å²) >= 11 is 0. The normalized spacial score (nSPS) is 11.1. The quantitative estimate of drug-likeness (QED) is 0.790. The van der Waals surface area contributed by atoms with E-state index in [1.165, 1.54) is 12.1 Å². The van der Waals surface area contributed by atoms with Crippen LogP contribution in [-0.4, -0.2) is 20.6 Å². The van der Waals surface area contributed by atoms with Crippen molar-refractivity contribution in [2.24, 2.45) is 0 Å². The van der Waals surface area contributed by atoms with E-state index in [4.69, 9.17) is 5.11 Å². The van der Waals surface area contributed by atoms with Gasteiger partial charge < -0.3 is 9.67 Å². The molecule has 0 fully saturated rings. The number of unbranched alkanes of at least 4 members (excludes halogenated alkanes) is 1. The number of imidazole rings is 1. The number of aliphatic carboxylic acids is 1. The summed E-state index contributed by atoms with van der Waals surface area (Å²) in [4.78, 5) is 15.0. The van der Waals surface area contributed by atoms with E-state index in [-0.39, 0.29) is 12.2 Å². The molecule has 1 heterocycles. The molecule has 5 heteroatoms. The molecule has 0 aliphatic heterocycles. The van der Waals surface area contributed by atoms with Crippen LogP contribution in [0.5, 0.6) is 0 Å². The molecule has 0 unspecified atom stereocenters. The second-order valence-corrected chi connectivity index (χ2v) is 4.91. The molecule has 0 spiro atoms. The fourth-order valence-electron chi connectivity index (χ4n) is 2.37. The van der Waals surface area contributed by atoms with E-state index in [1.54, 1.807) is 6.07 Å². The lowest BCUT2D eigenvalue weighted by Crippen LogP contribution is -2.04. The minimum atomic E-state index is -0.769. The van der Waals surface area contributed by atoms with Crippen molar-refractivity contribution in [3.05, 3.63) is 29.8 Å². The first-order valence-corrected chi connectivity index (χ1v) is 6.98. The number of aromatic nitrogens is 2. The summed E-state index contributed by atoms with van der Waals surface area (Å²) in [5.74, 6) is -0.112. The van der Waals surface area contributed by atoms with Crippen molar-refractivity contribution in [3.63, 3.8) is 0 Å². The highest BCUT2D eigenvalue weighted by molar-refractivity contribution is 5.76. The highest BCUT2D eigenvalue weighted by Crippen LogP contribution is 2.19. The Hall–Kier alpha value is -1.91. The molecule has 0 atom stereocenters. The van der Waals surface area contributed by atoms with Gasteiger partial charge in [-0.25, -0.2) is 9.37 Å². The maximum absolute atomic E-state index is 13.4. The third-order valence-corrected chi connectivity index (χ3v) is 3.28. The van der Waals surface area contributed by atoms with Crippen LogP contribution < -0.4 is 0 Å². The van der Waals surface area contributed by atoms with Gasteiger partial charge in [0.05, 0.1) is 11.0 Å². The van der Waals surface area contributed by atoms with E-state index in [0.29, 0.717) is 6.42 Å². The van der Waals surface area contributed by atoms with Gasteiger partial charge in [-0.05, 0) is 37.5 Å². The van der Waals surface area contributed by atoms with Gasteiger partial charge in [0.2, 0.25) is 0 Å². The van der Waals surface area contributed by atoms with Crippen molar-refractivity contribution in [1.29, 1.82) is 0 Å². The number of carboxylic acids is 1. The highest BCUT2D eigenvalue weighted by Gasteiger charge is 2.11. The molecule has 0 bridgehead atoms. The number of rotatable bonds is 7. The lowest BCUT2D eigenvalue weighted by molar-refractivity contribution is -0.137. The highest BCUT2D eigenvalue weighted by atomic mass is 19.1. The molecule has 4 nitrogen and oxygen atoms in total. The average Bonchev–Trinajstić information content (AvgIpc) is 2.73. The largest absolute Gasteiger partial charge is 0.481 e. The van der Waals surface area contributed by atoms with Crippen LogP contribution in [0.3, 0.4) is 0 Å². The minimum absolute atomic E-state index is 0.183. The first-order valence-electron chi connectivity index (χ1n) is 6.98. The lowest BCUT2D eigenvalue weighted by Gasteiger charge is -2.07. The zero-order valence-electron chi connectivity index (χ0n) is 11.6. The number of nitrogens with zero attached hydrogens (tertiary/aromatic N) is 2. The molecule has 0 saturated heterocycles. The van der Waals surface area contributed by atoms with Crippen LogP contribution in [-0.2, 0) is 17.8 Å². The van der Waals surface area contributed by atoms with Gasteiger partial charge in [-0.15, -0.1) is 0 Å². The van der Waals surface area contributed by atoms with Crippen LogP contribution in [0.25, 0.3) is 11.0 Å². The summed E-state index contributed by atoms with van der Waals surface area (Å²) in [5, 5.41) is 8.63. The van der Waals surface area contributed by atoms with Gasteiger partial charge in [0.1, 0.15) is 11.6 Å². The summed E-state index contributed by atoms with van der Waals surface area (Å²) < 4.78 is 15.4. The fourth-order valence-corrected chi connectivity index (χ4v) is 2.37. The molecule has 1 aromatic heterocycles. The summed E-state index contributed by atoms with van der Waals surface area (Å²) in [7, 11) is 0. The maximum Gasteiger partial charge on any atom is 0.303 e. The number of carboxylic acid groups (broad SMARTS) is 1. The van der Waals surface area contributed by atoms with E-state index >= 15 is 0 Å². The van der Waals surface area contributed by atoms with E-state index in [1.807, 2.05) is 4.57 Å². The van der Waals surface area contributed by atoms with Gasteiger partial charge in [-0.1, -0.05) is 6.92 Å². The Morgan fingerprint density at radius 3 is 2.90 bits per heavy atom. The number of benzene rings is 1. The smallest absolute Gasteiger partial charge is 0.303 e. The van der Waals surface area contributed by atoms with Crippen LogP contribution in [0.1, 0.15) is 38.4 Å². The maximum atomic E-state index is 13.4. The molecule has 0 amide bonds. The van der Waals surface area contributed by atoms with Crippen molar-refractivity contribution in [2.75, 3.05) is 0 Å². The SMILES string of the molecule is CCCn1c(CCCCC(=O)O)nc2ccc(F)cc21. The van der Waals surface area contributed by atoms with E-state index in [9.17, 15) is 9.18 Å². The topological polar surface area (TPSA) is 55.1 Å². The Bertz CT molecular complexity index is 607. The molecule has 2 aromatic rings. The van der Waals surface area contributed by atoms with Crippen molar-refractivity contribution in [2.45, 2.75) is 45.6 Å². The molecule has 1 aromatic carbocycles. The Morgan fingerprint density at radius 2 is 2.20 bits per heavy atom. The Balaban J connectivity index is 2.18. The Labute approximate surface area is 117 Å². The predicted octanol–water partition coefficient (Wildman–Crippen LogP) is 3.38. The third-order valence-electron chi connectivity index (χ3n) is 3.28. The molecule has 0 aliphatic rings. The zero-order valence-corrected chi connectivity index (χ0v) is 11.6. The van der Waals surface area contributed by atoms with Gasteiger partial charge in [-0.3, -0.25) is 4.79 Å². The van der Waals surface area contributed by atoms with Gasteiger partial charge in [0.25, 0.3) is 0 Å². The Kier molecular flexibility index (Phi) is 4.71. The number of carbonyl (C=O) groups is 1. The standard InChI is InChI=1S/C15H19FN2O2/c1-2-9-18-13-10-11(16)7-8-12(13)17-14(18)5-3-4-6-15(19)20/h7-8,10H,2-6,9H2,1H3,(H,19,20). The zero-order chi connectivity index (χ0) is 14.5. The number of fused-ring (bicyclic) bond motifs is 1. The molecule has 0 radical (unpaired) electrons. The van der Waals surface area contributed by atoms with Gasteiger partial charge >= 0.3 is 5.97 Å². The molecule has 0 saturated carbocycles. The number of hydrogen-bond donors (Lipinski definition) is 1. The third kappa shape index (κ3) is 3.35. The van der Waals surface area contributed by atoms with Gasteiger partial charge in [-0.2, -0.15) is 0 Å². The van der Waals surface area contributed by atoms with E-state index in [2.05, 4.69) is 11.9 Å². The Morgan fingerprint density at radius 1 is 1.40 bits per heavy atom. The van der Waals surface area contributed by atoms with Crippen LogP contribution in [0.15, 0.2) is 18.2 Å². The lowest BCUT2D eigenvalue weighted by atomic mass is 10.2.